The minimum Gasteiger partial charge on any atom is -0.490 e. The van der Waals surface area contributed by atoms with Crippen molar-refractivity contribution >= 4 is 61.8 Å². The molecule has 0 fully saturated rings. The van der Waals surface area contributed by atoms with Gasteiger partial charge < -0.3 is 19.2 Å². The SMILES string of the molecule is CCCOc1c(Cl)cc(/C=C(\Cl)c2nc3sc(C(=O)OC)c(C)c3c(=O)[nH]2)cc1OCC. The Hall–Kier alpha value is -2.55. The number of aromatic amines is 1. The Labute approximate surface area is 198 Å². The zero-order valence-corrected chi connectivity index (χ0v) is 20.3. The van der Waals surface area contributed by atoms with Gasteiger partial charge in [-0.3, -0.25) is 4.79 Å². The standard InChI is InChI=1S/C22H22Cl2N2O5S/c1-5-7-31-17-13(23)8-12(10-15(17)30-6-2)9-14(24)19-25-20(27)16-11(3)18(22(28)29-4)32-21(16)26-19/h8-10H,5-7H2,1-4H3,(H,25,26,27)/b14-9-. The second-order valence-corrected chi connectivity index (χ2v) is 8.56. The number of thiophene rings is 1. The Morgan fingerprint density at radius 3 is 2.69 bits per heavy atom. The first-order valence-corrected chi connectivity index (χ1v) is 11.5. The van der Waals surface area contributed by atoms with E-state index in [4.69, 9.17) is 37.4 Å². The monoisotopic (exact) mass is 496 g/mol. The van der Waals surface area contributed by atoms with Crippen molar-refractivity contribution < 1.29 is 19.0 Å². The van der Waals surface area contributed by atoms with E-state index in [1.54, 1.807) is 25.1 Å². The number of aryl methyl sites for hydroxylation is 1. The summed E-state index contributed by atoms with van der Waals surface area (Å²) in [6, 6.07) is 3.45. The number of hydrogen-bond donors (Lipinski definition) is 1. The molecule has 0 aliphatic rings. The molecule has 2 heterocycles. The smallest absolute Gasteiger partial charge is 0.348 e. The number of H-pyrrole nitrogens is 1. The summed E-state index contributed by atoms with van der Waals surface area (Å²) in [5.41, 5.74) is 0.775. The molecule has 1 N–H and O–H groups in total. The van der Waals surface area contributed by atoms with Crippen molar-refractivity contribution in [1.82, 2.24) is 9.97 Å². The molecule has 0 radical (unpaired) electrons. The zero-order chi connectivity index (χ0) is 23.4. The maximum atomic E-state index is 12.7. The molecule has 0 amide bonds. The predicted molar refractivity (Wildman–Crippen MR) is 128 cm³/mol. The largest absolute Gasteiger partial charge is 0.490 e. The van der Waals surface area contributed by atoms with Crippen LogP contribution in [0.2, 0.25) is 5.02 Å². The van der Waals surface area contributed by atoms with E-state index in [9.17, 15) is 9.59 Å². The molecular formula is C22H22Cl2N2O5S. The highest BCUT2D eigenvalue weighted by Gasteiger charge is 2.20. The zero-order valence-electron chi connectivity index (χ0n) is 18.0. The Morgan fingerprint density at radius 1 is 1.28 bits per heavy atom. The van der Waals surface area contributed by atoms with Crippen molar-refractivity contribution in [2.24, 2.45) is 0 Å². The maximum Gasteiger partial charge on any atom is 0.348 e. The van der Waals surface area contributed by atoms with E-state index in [-0.39, 0.29) is 10.9 Å². The number of nitrogens with zero attached hydrogens (tertiary/aromatic N) is 1. The molecule has 0 atom stereocenters. The first-order chi connectivity index (χ1) is 15.3. The third kappa shape index (κ3) is 4.92. The number of esters is 1. The summed E-state index contributed by atoms with van der Waals surface area (Å²) >= 11 is 14.0. The average Bonchev–Trinajstić information content (AvgIpc) is 3.09. The number of fused-ring (bicyclic) bond motifs is 1. The van der Waals surface area contributed by atoms with Gasteiger partial charge in [-0.05, 0) is 49.6 Å². The van der Waals surface area contributed by atoms with Crippen molar-refractivity contribution in [3.63, 3.8) is 0 Å². The van der Waals surface area contributed by atoms with Crippen molar-refractivity contribution in [1.29, 1.82) is 0 Å². The molecule has 7 nitrogen and oxygen atoms in total. The highest BCUT2D eigenvalue weighted by Crippen LogP contribution is 2.38. The van der Waals surface area contributed by atoms with Crippen molar-refractivity contribution in [2.75, 3.05) is 20.3 Å². The molecule has 0 unspecified atom stereocenters. The number of carbonyl (C=O) groups is 1. The summed E-state index contributed by atoms with van der Waals surface area (Å²) in [4.78, 5) is 32.4. The Balaban J connectivity index is 2.05. The fourth-order valence-electron chi connectivity index (χ4n) is 3.04. The fraction of sp³-hybridized carbons (Fsp3) is 0.318. The molecular weight excluding hydrogens is 475 g/mol. The minimum absolute atomic E-state index is 0.169. The van der Waals surface area contributed by atoms with Crippen LogP contribution in [0.25, 0.3) is 21.3 Å². The molecule has 170 valence electrons. The number of ether oxygens (including phenoxy) is 3. The number of hydrogen-bond acceptors (Lipinski definition) is 7. The normalized spacial score (nSPS) is 11.6. The quantitative estimate of drug-likeness (QED) is 0.404. The highest BCUT2D eigenvalue weighted by atomic mass is 35.5. The van der Waals surface area contributed by atoms with Crippen LogP contribution in [-0.4, -0.2) is 36.3 Å². The molecule has 0 aliphatic carbocycles. The predicted octanol–water partition coefficient (Wildman–Crippen LogP) is 5.66. The molecule has 0 aliphatic heterocycles. The first kappa shape index (κ1) is 24.1. The first-order valence-electron chi connectivity index (χ1n) is 9.89. The molecule has 0 bridgehead atoms. The number of methoxy groups -OCH3 is 1. The van der Waals surface area contributed by atoms with Crippen LogP contribution in [-0.2, 0) is 4.74 Å². The highest BCUT2D eigenvalue weighted by molar-refractivity contribution is 7.20. The molecule has 0 saturated carbocycles. The molecule has 2 aromatic heterocycles. The lowest BCUT2D eigenvalue weighted by Crippen LogP contribution is -2.10. The van der Waals surface area contributed by atoms with Gasteiger partial charge in [-0.1, -0.05) is 30.1 Å². The lowest BCUT2D eigenvalue weighted by molar-refractivity contribution is 0.0605. The van der Waals surface area contributed by atoms with Gasteiger partial charge in [0.25, 0.3) is 5.56 Å². The van der Waals surface area contributed by atoms with Gasteiger partial charge in [0.05, 0.1) is 35.8 Å². The van der Waals surface area contributed by atoms with E-state index in [0.717, 1.165) is 17.8 Å². The van der Waals surface area contributed by atoms with Crippen LogP contribution in [0, 0.1) is 6.92 Å². The summed E-state index contributed by atoms with van der Waals surface area (Å²) < 4.78 is 16.2. The Morgan fingerprint density at radius 2 is 2.03 bits per heavy atom. The number of aromatic nitrogens is 2. The fourth-order valence-corrected chi connectivity index (χ4v) is 4.63. The van der Waals surface area contributed by atoms with E-state index >= 15 is 0 Å². The van der Waals surface area contributed by atoms with Gasteiger partial charge in [0.1, 0.15) is 9.71 Å². The van der Waals surface area contributed by atoms with Gasteiger partial charge >= 0.3 is 5.97 Å². The van der Waals surface area contributed by atoms with Gasteiger partial charge in [-0.2, -0.15) is 0 Å². The molecule has 32 heavy (non-hydrogen) atoms. The van der Waals surface area contributed by atoms with Gasteiger partial charge in [-0.15, -0.1) is 11.3 Å². The van der Waals surface area contributed by atoms with Gasteiger partial charge in [0.2, 0.25) is 0 Å². The minimum atomic E-state index is -0.517. The number of nitrogens with one attached hydrogen (secondary N) is 1. The number of carbonyl (C=O) groups excluding carboxylic acids is 1. The van der Waals surface area contributed by atoms with Crippen LogP contribution in [0.15, 0.2) is 16.9 Å². The van der Waals surface area contributed by atoms with E-state index in [2.05, 4.69) is 9.97 Å². The Bertz CT molecular complexity index is 1250. The summed E-state index contributed by atoms with van der Waals surface area (Å²) in [6.07, 6.45) is 2.45. The van der Waals surface area contributed by atoms with Gasteiger partial charge in [0, 0.05) is 0 Å². The van der Waals surface area contributed by atoms with Crippen molar-refractivity contribution in [3.8, 4) is 11.5 Å². The third-order valence-corrected chi connectivity index (χ3v) is 6.21. The van der Waals surface area contributed by atoms with Gasteiger partial charge in [-0.25, -0.2) is 9.78 Å². The third-order valence-electron chi connectivity index (χ3n) is 4.47. The second-order valence-electron chi connectivity index (χ2n) is 6.75. The number of benzene rings is 1. The lowest BCUT2D eigenvalue weighted by Gasteiger charge is -2.14. The average molecular weight is 497 g/mol. The summed E-state index contributed by atoms with van der Waals surface area (Å²) in [7, 11) is 1.29. The van der Waals surface area contributed by atoms with E-state index in [1.807, 2.05) is 13.8 Å². The number of rotatable bonds is 8. The Kier molecular flexibility index (Phi) is 7.82. The molecule has 10 heteroatoms. The van der Waals surface area contributed by atoms with Crippen LogP contribution >= 0.6 is 34.5 Å². The topological polar surface area (TPSA) is 90.5 Å². The maximum absolute atomic E-state index is 12.7. The van der Waals surface area contributed by atoms with Crippen LogP contribution in [0.3, 0.4) is 0 Å². The van der Waals surface area contributed by atoms with Crippen molar-refractivity contribution in [3.05, 3.63) is 49.3 Å². The molecule has 0 spiro atoms. The van der Waals surface area contributed by atoms with E-state index < -0.39 is 11.5 Å². The van der Waals surface area contributed by atoms with Crippen LogP contribution in [0.4, 0.5) is 0 Å². The molecule has 3 rings (SSSR count). The lowest BCUT2D eigenvalue weighted by atomic mass is 10.1. The van der Waals surface area contributed by atoms with E-state index in [0.29, 0.717) is 56.0 Å². The van der Waals surface area contributed by atoms with Crippen LogP contribution in [0.5, 0.6) is 11.5 Å². The molecule has 3 aromatic rings. The summed E-state index contributed by atoms with van der Waals surface area (Å²) in [5, 5.41) is 0.909. The van der Waals surface area contributed by atoms with Crippen molar-refractivity contribution in [2.45, 2.75) is 27.2 Å². The summed E-state index contributed by atoms with van der Waals surface area (Å²) in [6.45, 7) is 6.49. The van der Waals surface area contributed by atoms with Crippen LogP contribution < -0.4 is 15.0 Å². The van der Waals surface area contributed by atoms with Gasteiger partial charge in [0.15, 0.2) is 17.3 Å². The molecule has 1 aromatic carbocycles. The molecule has 0 saturated heterocycles. The van der Waals surface area contributed by atoms with Crippen LogP contribution in [0.1, 0.15) is 46.9 Å². The number of halogens is 2. The van der Waals surface area contributed by atoms with E-state index in [1.165, 1.54) is 7.11 Å². The second kappa shape index (κ2) is 10.4. The summed E-state index contributed by atoms with van der Waals surface area (Å²) in [5.74, 6) is 0.623.